The maximum atomic E-state index is 13.6. The van der Waals surface area contributed by atoms with Crippen molar-refractivity contribution < 1.29 is 22.7 Å². The summed E-state index contributed by atoms with van der Waals surface area (Å²) in [5, 5.41) is 3.17. The van der Waals surface area contributed by atoms with Gasteiger partial charge in [0.25, 0.3) is 5.91 Å². The lowest BCUT2D eigenvalue weighted by Crippen LogP contribution is -2.47. The molecule has 1 N–H and O–H groups in total. The fourth-order valence-electron chi connectivity index (χ4n) is 3.75. The fourth-order valence-corrected chi connectivity index (χ4v) is 3.75. The molecule has 2 saturated heterocycles. The van der Waals surface area contributed by atoms with E-state index >= 15 is 0 Å². The number of nitrogens with zero attached hydrogens (tertiary/aromatic N) is 5. The number of halogens is 3. The molecule has 4 heterocycles. The molecular weight excluding hydrogens is 425 g/mol. The summed E-state index contributed by atoms with van der Waals surface area (Å²) in [7, 11) is 0. The van der Waals surface area contributed by atoms with Crippen molar-refractivity contribution in [2.75, 3.05) is 44.2 Å². The molecular formula is C21H25F3N6O2. The first-order valence-electron chi connectivity index (χ1n) is 10.5. The van der Waals surface area contributed by atoms with Crippen molar-refractivity contribution in [1.29, 1.82) is 0 Å². The number of hydrogen-bond acceptors (Lipinski definition) is 7. The minimum absolute atomic E-state index is 0.0567. The molecule has 0 aromatic carbocycles. The first kappa shape index (κ1) is 22.3. The third kappa shape index (κ3) is 4.62. The van der Waals surface area contributed by atoms with Crippen LogP contribution >= 0.6 is 0 Å². The van der Waals surface area contributed by atoms with Crippen LogP contribution in [0.5, 0.6) is 5.88 Å². The Kier molecular flexibility index (Phi) is 6.18. The molecule has 8 nitrogen and oxygen atoms in total. The Morgan fingerprint density at radius 1 is 1.22 bits per heavy atom. The second-order valence-corrected chi connectivity index (χ2v) is 7.98. The predicted molar refractivity (Wildman–Crippen MR) is 111 cm³/mol. The van der Waals surface area contributed by atoms with E-state index in [1.165, 1.54) is 19.2 Å². The topological polar surface area (TPSA) is 83.5 Å². The molecule has 172 valence electrons. The summed E-state index contributed by atoms with van der Waals surface area (Å²) < 4.78 is 46.3. The number of pyridine rings is 1. The van der Waals surface area contributed by atoms with Gasteiger partial charge in [0.2, 0.25) is 11.8 Å². The van der Waals surface area contributed by atoms with Crippen LogP contribution in [0, 0.1) is 6.92 Å². The summed E-state index contributed by atoms with van der Waals surface area (Å²) >= 11 is 0. The molecule has 32 heavy (non-hydrogen) atoms. The van der Waals surface area contributed by atoms with Crippen LogP contribution in [0.4, 0.5) is 19.1 Å². The molecule has 0 bridgehead atoms. The van der Waals surface area contributed by atoms with E-state index < -0.39 is 11.9 Å². The number of aromatic nitrogens is 3. The van der Waals surface area contributed by atoms with Crippen LogP contribution in [0.3, 0.4) is 0 Å². The van der Waals surface area contributed by atoms with Crippen LogP contribution in [-0.4, -0.2) is 71.1 Å². The van der Waals surface area contributed by atoms with Crippen molar-refractivity contribution in [3.63, 3.8) is 0 Å². The van der Waals surface area contributed by atoms with E-state index in [-0.39, 0.29) is 41.6 Å². The number of ether oxygens (including phenoxy) is 1. The summed E-state index contributed by atoms with van der Waals surface area (Å²) in [6.07, 6.45) is -2.30. The number of piperazine rings is 1. The highest BCUT2D eigenvalue weighted by atomic mass is 19.4. The van der Waals surface area contributed by atoms with Gasteiger partial charge < -0.3 is 19.9 Å². The van der Waals surface area contributed by atoms with Crippen LogP contribution in [0.15, 0.2) is 18.3 Å². The van der Waals surface area contributed by atoms with Crippen molar-refractivity contribution >= 4 is 11.9 Å². The lowest BCUT2D eigenvalue weighted by Gasteiger charge is -2.39. The normalized spacial score (nSPS) is 19.0. The van der Waals surface area contributed by atoms with Gasteiger partial charge in [0.15, 0.2) is 12.3 Å². The largest absolute Gasteiger partial charge is 0.468 e. The Morgan fingerprint density at radius 3 is 2.53 bits per heavy atom. The molecule has 0 spiro atoms. The van der Waals surface area contributed by atoms with Gasteiger partial charge >= 0.3 is 6.18 Å². The van der Waals surface area contributed by atoms with Crippen LogP contribution in [-0.2, 0) is 11.0 Å². The van der Waals surface area contributed by atoms with E-state index in [0.717, 1.165) is 19.5 Å². The molecule has 0 radical (unpaired) electrons. The molecule has 0 saturated carbocycles. The molecule has 2 fully saturated rings. The number of nitrogens with one attached hydrogen (secondary N) is 1. The van der Waals surface area contributed by atoms with Crippen LogP contribution < -0.4 is 15.0 Å². The van der Waals surface area contributed by atoms with Crippen LogP contribution in [0.2, 0.25) is 0 Å². The zero-order valence-corrected chi connectivity index (χ0v) is 17.9. The number of carbonyl (C=O) groups is 1. The molecule has 2 aliphatic rings. The van der Waals surface area contributed by atoms with Crippen molar-refractivity contribution in [2.45, 2.75) is 32.5 Å². The average molecular weight is 450 g/mol. The second-order valence-electron chi connectivity index (χ2n) is 7.98. The predicted octanol–water partition coefficient (Wildman–Crippen LogP) is 2.28. The molecule has 11 heteroatoms. The molecule has 1 amide bonds. The van der Waals surface area contributed by atoms with Crippen molar-refractivity contribution in [3.8, 4) is 17.1 Å². The van der Waals surface area contributed by atoms with E-state index in [4.69, 9.17) is 4.74 Å². The molecule has 1 unspecified atom stereocenters. The van der Waals surface area contributed by atoms with Gasteiger partial charge in [0, 0.05) is 62.2 Å². The Balaban J connectivity index is 1.54. The molecule has 4 rings (SSSR count). The van der Waals surface area contributed by atoms with Gasteiger partial charge in [0.05, 0.1) is 5.69 Å². The van der Waals surface area contributed by atoms with Crippen LogP contribution in [0.1, 0.15) is 24.6 Å². The lowest BCUT2D eigenvalue weighted by molar-refractivity contribution is -0.141. The monoisotopic (exact) mass is 450 g/mol. The summed E-state index contributed by atoms with van der Waals surface area (Å²) in [5.74, 6) is 0.155. The molecule has 2 aromatic rings. The number of alkyl halides is 3. The van der Waals surface area contributed by atoms with E-state index in [1.807, 2.05) is 6.92 Å². The highest BCUT2D eigenvalue weighted by Crippen LogP contribution is 2.37. The number of carbonyl (C=O) groups excluding carboxylic acids is 1. The van der Waals surface area contributed by atoms with Gasteiger partial charge in [-0.15, -0.1) is 0 Å². The van der Waals surface area contributed by atoms with E-state index in [1.54, 1.807) is 15.9 Å². The summed E-state index contributed by atoms with van der Waals surface area (Å²) in [6.45, 7) is 6.50. The van der Waals surface area contributed by atoms with Gasteiger partial charge in [-0.1, -0.05) is 0 Å². The number of hydrogen-bond donors (Lipinski definition) is 1. The van der Waals surface area contributed by atoms with Gasteiger partial charge in [0.1, 0.15) is 0 Å². The highest BCUT2D eigenvalue weighted by Gasteiger charge is 2.38. The SMILES string of the molecule is Cc1c(-c2ccc(OCC(=O)N3CCNCC3)nc2)nc(N2CCC2C)nc1C(F)(F)F. The number of rotatable bonds is 5. The van der Waals surface area contributed by atoms with Crippen molar-refractivity contribution in [2.24, 2.45) is 0 Å². The highest BCUT2D eigenvalue weighted by molar-refractivity contribution is 5.77. The minimum atomic E-state index is -4.59. The summed E-state index contributed by atoms with van der Waals surface area (Å²) in [6, 6.07) is 3.21. The standard InChI is InChI=1S/C21H25F3N6O2/c1-13-5-8-30(13)20-27-18(14(2)19(28-20)21(22,23)24)15-3-4-16(26-11-15)32-12-17(31)29-9-6-25-7-10-29/h3-4,11,13,25H,5-10,12H2,1-2H3. The maximum Gasteiger partial charge on any atom is 0.433 e. The Labute approximate surface area is 183 Å². The van der Waals surface area contributed by atoms with E-state index in [9.17, 15) is 18.0 Å². The fraction of sp³-hybridized carbons (Fsp3) is 0.524. The Morgan fingerprint density at radius 2 is 1.97 bits per heavy atom. The number of anilines is 1. The van der Waals surface area contributed by atoms with E-state index in [2.05, 4.69) is 20.3 Å². The first-order valence-corrected chi connectivity index (χ1v) is 10.5. The van der Waals surface area contributed by atoms with Crippen LogP contribution in [0.25, 0.3) is 11.3 Å². The third-order valence-corrected chi connectivity index (χ3v) is 5.80. The summed E-state index contributed by atoms with van der Waals surface area (Å²) in [5.41, 5.74) is -0.402. The maximum absolute atomic E-state index is 13.6. The average Bonchev–Trinajstić information content (AvgIpc) is 2.77. The van der Waals surface area contributed by atoms with E-state index in [0.29, 0.717) is 25.2 Å². The molecule has 2 aromatic heterocycles. The second kappa shape index (κ2) is 8.89. The van der Waals surface area contributed by atoms with Gasteiger partial charge in [-0.3, -0.25) is 4.79 Å². The smallest absolute Gasteiger partial charge is 0.433 e. The van der Waals surface area contributed by atoms with Gasteiger partial charge in [-0.25, -0.2) is 15.0 Å². The van der Waals surface area contributed by atoms with Crippen molar-refractivity contribution in [3.05, 3.63) is 29.6 Å². The zero-order valence-electron chi connectivity index (χ0n) is 17.9. The quantitative estimate of drug-likeness (QED) is 0.748. The molecule has 1 atom stereocenters. The minimum Gasteiger partial charge on any atom is -0.468 e. The molecule has 0 aliphatic carbocycles. The van der Waals surface area contributed by atoms with Gasteiger partial charge in [-0.05, 0) is 26.3 Å². The number of amides is 1. The lowest BCUT2D eigenvalue weighted by atomic mass is 10.0. The third-order valence-electron chi connectivity index (χ3n) is 5.80. The molecule has 2 aliphatic heterocycles. The zero-order chi connectivity index (χ0) is 22.9. The Bertz CT molecular complexity index is 977. The first-order chi connectivity index (χ1) is 15.2. The van der Waals surface area contributed by atoms with Gasteiger partial charge in [-0.2, -0.15) is 13.2 Å². The summed E-state index contributed by atoms with van der Waals surface area (Å²) in [4.78, 5) is 28.1. The Hall–Kier alpha value is -2.95. The van der Waals surface area contributed by atoms with Crippen molar-refractivity contribution in [1.82, 2.24) is 25.2 Å².